The topological polar surface area (TPSA) is 67.6 Å². The Hall–Kier alpha value is -2.08. The monoisotopic (exact) mass is 289 g/mol. The normalized spacial score (nSPS) is 15.6. The number of aromatic carboxylic acids is 1. The zero-order chi connectivity index (χ0) is 14.8. The van der Waals surface area contributed by atoms with Gasteiger partial charge in [-0.15, -0.1) is 0 Å². The van der Waals surface area contributed by atoms with Gasteiger partial charge in [-0.1, -0.05) is 6.92 Å². The van der Waals surface area contributed by atoms with E-state index in [0.29, 0.717) is 18.8 Å². The quantitative estimate of drug-likeness (QED) is 0.927. The first kappa shape index (κ1) is 13.9. The third-order valence-corrected chi connectivity index (χ3v) is 3.69. The molecule has 1 aromatic carbocycles. The molecule has 0 atom stereocenters. The van der Waals surface area contributed by atoms with Crippen LogP contribution in [0.15, 0.2) is 18.2 Å². The Bertz CT molecular complexity index is 659. The van der Waals surface area contributed by atoms with Crippen LogP contribution in [0.5, 0.6) is 0 Å². The van der Waals surface area contributed by atoms with Gasteiger partial charge in [-0.25, -0.2) is 14.5 Å². The minimum absolute atomic E-state index is 0.292. The molecule has 6 heteroatoms. The average Bonchev–Trinajstić information content (AvgIpc) is 2.85. The summed E-state index contributed by atoms with van der Waals surface area (Å²) in [5, 5.41) is 11.4. The van der Waals surface area contributed by atoms with Gasteiger partial charge in [0.2, 0.25) is 0 Å². The molecule has 0 radical (unpaired) electrons. The van der Waals surface area contributed by atoms with E-state index in [9.17, 15) is 9.90 Å². The molecule has 0 saturated carbocycles. The highest BCUT2D eigenvalue weighted by atomic mass is 16.5. The lowest BCUT2D eigenvalue weighted by atomic mass is 10.2. The number of carboxylic acid groups (broad SMARTS) is 1. The molecule has 112 valence electrons. The van der Waals surface area contributed by atoms with E-state index in [1.165, 1.54) is 0 Å². The van der Waals surface area contributed by atoms with Crippen molar-refractivity contribution in [3.8, 4) is 0 Å². The molecule has 21 heavy (non-hydrogen) atoms. The van der Waals surface area contributed by atoms with Crippen LogP contribution in [0.3, 0.4) is 0 Å². The summed E-state index contributed by atoms with van der Waals surface area (Å²) in [5.74, 6) is 0.0700. The van der Waals surface area contributed by atoms with E-state index in [-0.39, 0.29) is 0 Å². The number of ether oxygens (including phenoxy) is 1. The molecule has 2 heterocycles. The van der Waals surface area contributed by atoms with Crippen LogP contribution in [-0.4, -0.2) is 47.0 Å². The third kappa shape index (κ3) is 2.58. The standard InChI is InChI=1S/C15H19N3O3/c1-2-3-14-16-12-5-4-11(15(19)20)10-13(12)18(14)17-6-8-21-9-7-17/h4-5,10H,2-3,6-9H2,1H3,(H,19,20). The second-order valence-electron chi connectivity index (χ2n) is 5.16. The maximum atomic E-state index is 11.2. The van der Waals surface area contributed by atoms with E-state index in [0.717, 1.165) is 42.8 Å². The largest absolute Gasteiger partial charge is 0.478 e. The molecule has 0 aliphatic carbocycles. The maximum absolute atomic E-state index is 11.2. The van der Waals surface area contributed by atoms with Crippen LogP contribution >= 0.6 is 0 Å². The smallest absolute Gasteiger partial charge is 0.335 e. The number of hydrogen-bond donors (Lipinski definition) is 1. The highest BCUT2D eigenvalue weighted by Gasteiger charge is 2.19. The minimum Gasteiger partial charge on any atom is -0.478 e. The van der Waals surface area contributed by atoms with Crippen LogP contribution < -0.4 is 5.01 Å². The van der Waals surface area contributed by atoms with Crippen LogP contribution in [0, 0.1) is 0 Å². The van der Waals surface area contributed by atoms with Gasteiger partial charge in [0.1, 0.15) is 5.82 Å². The van der Waals surface area contributed by atoms with Gasteiger partial charge in [0, 0.05) is 6.42 Å². The number of nitrogens with zero attached hydrogens (tertiary/aromatic N) is 3. The Morgan fingerprint density at radius 3 is 2.81 bits per heavy atom. The second kappa shape index (κ2) is 5.73. The number of carboxylic acids is 1. The molecular formula is C15H19N3O3. The lowest BCUT2D eigenvalue weighted by Gasteiger charge is -2.31. The van der Waals surface area contributed by atoms with Gasteiger partial charge in [-0.05, 0) is 24.6 Å². The van der Waals surface area contributed by atoms with Crippen LogP contribution in [0.1, 0.15) is 29.5 Å². The average molecular weight is 289 g/mol. The van der Waals surface area contributed by atoms with E-state index in [1.807, 2.05) is 0 Å². The fraction of sp³-hybridized carbons (Fsp3) is 0.467. The second-order valence-corrected chi connectivity index (χ2v) is 5.16. The summed E-state index contributed by atoms with van der Waals surface area (Å²) in [6.07, 6.45) is 1.87. The highest BCUT2D eigenvalue weighted by Crippen LogP contribution is 2.20. The molecule has 1 N–H and O–H groups in total. The number of morpholine rings is 1. The number of carbonyl (C=O) groups is 1. The van der Waals surface area contributed by atoms with Gasteiger partial charge >= 0.3 is 5.97 Å². The van der Waals surface area contributed by atoms with Gasteiger partial charge in [0.25, 0.3) is 0 Å². The number of fused-ring (bicyclic) bond motifs is 1. The highest BCUT2D eigenvalue weighted by molar-refractivity contribution is 5.92. The molecule has 1 aliphatic heterocycles. The lowest BCUT2D eigenvalue weighted by molar-refractivity contribution is 0.0697. The van der Waals surface area contributed by atoms with Crippen molar-refractivity contribution in [1.82, 2.24) is 9.66 Å². The van der Waals surface area contributed by atoms with Crippen molar-refractivity contribution in [1.29, 1.82) is 0 Å². The minimum atomic E-state index is -0.913. The molecule has 1 saturated heterocycles. The van der Waals surface area contributed by atoms with E-state index in [4.69, 9.17) is 4.74 Å². The predicted octanol–water partition coefficient (Wildman–Crippen LogP) is 1.66. The van der Waals surface area contributed by atoms with Gasteiger partial charge in [0.05, 0.1) is 42.9 Å². The molecule has 0 amide bonds. The summed E-state index contributed by atoms with van der Waals surface area (Å²) >= 11 is 0. The zero-order valence-corrected chi connectivity index (χ0v) is 12.1. The first-order chi connectivity index (χ1) is 10.2. The summed E-state index contributed by atoms with van der Waals surface area (Å²) in [6.45, 7) is 5.07. The van der Waals surface area contributed by atoms with Crippen molar-refractivity contribution >= 4 is 17.0 Å². The molecule has 1 aliphatic rings. The molecule has 0 spiro atoms. The van der Waals surface area contributed by atoms with Crippen LogP contribution in [-0.2, 0) is 11.2 Å². The maximum Gasteiger partial charge on any atom is 0.335 e. The Kier molecular flexibility index (Phi) is 3.79. The number of hydrogen-bond acceptors (Lipinski definition) is 4. The van der Waals surface area contributed by atoms with Crippen molar-refractivity contribution in [2.24, 2.45) is 0 Å². The van der Waals surface area contributed by atoms with Gasteiger partial charge in [-0.2, -0.15) is 0 Å². The van der Waals surface area contributed by atoms with E-state index in [2.05, 4.69) is 21.6 Å². The van der Waals surface area contributed by atoms with Gasteiger partial charge in [-0.3, -0.25) is 0 Å². The van der Waals surface area contributed by atoms with Crippen molar-refractivity contribution in [2.45, 2.75) is 19.8 Å². The molecule has 3 rings (SSSR count). The van der Waals surface area contributed by atoms with Crippen molar-refractivity contribution in [3.63, 3.8) is 0 Å². The summed E-state index contributed by atoms with van der Waals surface area (Å²) in [6, 6.07) is 5.10. The van der Waals surface area contributed by atoms with Crippen molar-refractivity contribution < 1.29 is 14.6 Å². The van der Waals surface area contributed by atoms with Crippen LogP contribution in [0.2, 0.25) is 0 Å². The predicted molar refractivity (Wildman–Crippen MR) is 79.5 cm³/mol. The number of imidazole rings is 1. The molecule has 0 unspecified atom stereocenters. The Morgan fingerprint density at radius 2 is 2.14 bits per heavy atom. The summed E-state index contributed by atoms with van der Waals surface area (Å²) in [7, 11) is 0. The number of aryl methyl sites for hydroxylation is 1. The van der Waals surface area contributed by atoms with Crippen molar-refractivity contribution in [2.75, 3.05) is 31.3 Å². The van der Waals surface area contributed by atoms with E-state index in [1.54, 1.807) is 18.2 Å². The molecule has 1 fully saturated rings. The first-order valence-corrected chi connectivity index (χ1v) is 7.28. The summed E-state index contributed by atoms with van der Waals surface area (Å²) in [5.41, 5.74) is 2.00. The third-order valence-electron chi connectivity index (χ3n) is 3.69. The van der Waals surface area contributed by atoms with E-state index >= 15 is 0 Å². The number of benzene rings is 1. The molecule has 6 nitrogen and oxygen atoms in total. The Labute approximate surface area is 122 Å². The SMILES string of the molecule is CCCc1nc2ccc(C(=O)O)cc2n1N1CCOCC1. The lowest BCUT2D eigenvalue weighted by Crippen LogP contribution is -2.44. The summed E-state index contributed by atoms with van der Waals surface area (Å²) < 4.78 is 7.48. The number of aromatic nitrogens is 2. The van der Waals surface area contributed by atoms with Crippen LogP contribution in [0.25, 0.3) is 11.0 Å². The fourth-order valence-corrected chi connectivity index (χ4v) is 2.70. The van der Waals surface area contributed by atoms with E-state index < -0.39 is 5.97 Å². The van der Waals surface area contributed by atoms with Gasteiger partial charge < -0.3 is 14.9 Å². The zero-order valence-electron chi connectivity index (χ0n) is 12.1. The first-order valence-electron chi connectivity index (χ1n) is 7.28. The summed E-state index contributed by atoms with van der Waals surface area (Å²) in [4.78, 5) is 15.9. The molecule has 2 aromatic rings. The fourth-order valence-electron chi connectivity index (χ4n) is 2.70. The number of rotatable bonds is 4. The Morgan fingerprint density at radius 1 is 1.38 bits per heavy atom. The van der Waals surface area contributed by atoms with Crippen LogP contribution in [0.4, 0.5) is 0 Å². The molecule has 1 aromatic heterocycles. The van der Waals surface area contributed by atoms with Gasteiger partial charge in [0.15, 0.2) is 0 Å². The Balaban J connectivity index is 2.13. The van der Waals surface area contributed by atoms with Crippen molar-refractivity contribution in [3.05, 3.63) is 29.6 Å². The molecule has 0 bridgehead atoms. The molecular weight excluding hydrogens is 270 g/mol.